The van der Waals surface area contributed by atoms with Crippen molar-refractivity contribution in [3.63, 3.8) is 0 Å². The highest BCUT2D eigenvalue weighted by Crippen LogP contribution is 2.32. The van der Waals surface area contributed by atoms with Crippen LogP contribution in [0.15, 0.2) is 0 Å². The molecule has 0 heterocycles. The SMILES string of the molecule is CCNS(=O)(=O)CCNC(COC)C1CC1. The first-order valence-electron chi connectivity index (χ1n) is 5.78. The molecule has 1 rings (SSSR count). The van der Waals surface area contributed by atoms with Crippen molar-refractivity contribution in [3.05, 3.63) is 0 Å². The average Bonchev–Trinajstić information content (AvgIpc) is 2.99. The summed E-state index contributed by atoms with van der Waals surface area (Å²) >= 11 is 0. The molecule has 0 aromatic heterocycles. The minimum atomic E-state index is -3.10. The molecule has 1 aliphatic carbocycles. The third-order valence-electron chi connectivity index (χ3n) is 2.68. The molecule has 5 nitrogen and oxygen atoms in total. The van der Waals surface area contributed by atoms with Gasteiger partial charge in [0.1, 0.15) is 0 Å². The van der Waals surface area contributed by atoms with Gasteiger partial charge >= 0.3 is 0 Å². The molecule has 2 N–H and O–H groups in total. The van der Waals surface area contributed by atoms with Crippen LogP contribution in [-0.4, -0.2) is 47.0 Å². The van der Waals surface area contributed by atoms with E-state index in [2.05, 4.69) is 10.0 Å². The first-order valence-corrected chi connectivity index (χ1v) is 7.44. The van der Waals surface area contributed by atoms with E-state index in [0.717, 1.165) is 0 Å². The third-order valence-corrected chi connectivity index (χ3v) is 4.15. The van der Waals surface area contributed by atoms with Crippen LogP contribution in [0.2, 0.25) is 0 Å². The Bertz CT molecular complexity index is 288. The Morgan fingerprint density at radius 3 is 2.62 bits per heavy atom. The molecule has 16 heavy (non-hydrogen) atoms. The lowest BCUT2D eigenvalue weighted by molar-refractivity contribution is 0.158. The number of methoxy groups -OCH3 is 1. The zero-order chi connectivity index (χ0) is 12.0. The van der Waals surface area contributed by atoms with Crippen molar-refractivity contribution in [2.45, 2.75) is 25.8 Å². The van der Waals surface area contributed by atoms with Crippen molar-refractivity contribution >= 4 is 10.0 Å². The molecular weight excluding hydrogens is 228 g/mol. The van der Waals surface area contributed by atoms with Gasteiger partial charge in [-0.05, 0) is 18.8 Å². The fraction of sp³-hybridized carbons (Fsp3) is 1.00. The van der Waals surface area contributed by atoms with Crippen molar-refractivity contribution in [1.82, 2.24) is 10.0 Å². The molecule has 0 radical (unpaired) electrons. The maximum Gasteiger partial charge on any atom is 0.212 e. The Morgan fingerprint density at radius 1 is 1.44 bits per heavy atom. The lowest BCUT2D eigenvalue weighted by atomic mass is 10.2. The summed E-state index contributed by atoms with van der Waals surface area (Å²) in [6.45, 7) is 3.38. The smallest absolute Gasteiger partial charge is 0.212 e. The van der Waals surface area contributed by atoms with Crippen molar-refractivity contribution in [2.75, 3.05) is 32.6 Å². The molecule has 0 amide bonds. The number of sulfonamides is 1. The van der Waals surface area contributed by atoms with Gasteiger partial charge in [-0.15, -0.1) is 0 Å². The quantitative estimate of drug-likeness (QED) is 0.601. The molecular formula is C10H22N2O3S. The number of hydrogen-bond acceptors (Lipinski definition) is 4. The van der Waals surface area contributed by atoms with Crippen molar-refractivity contribution in [3.8, 4) is 0 Å². The Kier molecular flexibility index (Phi) is 5.68. The summed E-state index contributed by atoms with van der Waals surface area (Å²) < 4.78 is 30.3. The van der Waals surface area contributed by atoms with E-state index in [1.54, 1.807) is 14.0 Å². The van der Waals surface area contributed by atoms with Crippen molar-refractivity contribution in [1.29, 1.82) is 0 Å². The van der Waals surface area contributed by atoms with Gasteiger partial charge in [0.15, 0.2) is 0 Å². The molecule has 0 spiro atoms. The zero-order valence-corrected chi connectivity index (χ0v) is 10.8. The minimum Gasteiger partial charge on any atom is -0.383 e. The number of ether oxygens (including phenoxy) is 1. The van der Waals surface area contributed by atoms with Crippen LogP contribution < -0.4 is 10.0 Å². The van der Waals surface area contributed by atoms with E-state index in [-0.39, 0.29) is 5.75 Å². The largest absolute Gasteiger partial charge is 0.383 e. The molecule has 0 bridgehead atoms. The molecule has 6 heteroatoms. The maximum atomic E-state index is 11.4. The third kappa shape index (κ3) is 5.25. The molecule has 0 aromatic carbocycles. The predicted molar refractivity (Wildman–Crippen MR) is 63.9 cm³/mol. The average molecular weight is 250 g/mol. The normalized spacial score (nSPS) is 18.6. The van der Waals surface area contributed by atoms with Gasteiger partial charge in [0.25, 0.3) is 0 Å². The Hall–Kier alpha value is -0.170. The van der Waals surface area contributed by atoms with Crippen LogP contribution in [0.3, 0.4) is 0 Å². The summed E-state index contributed by atoms with van der Waals surface area (Å²) in [6, 6.07) is 0.307. The van der Waals surface area contributed by atoms with Crippen LogP contribution in [0.25, 0.3) is 0 Å². The van der Waals surface area contributed by atoms with Crippen LogP contribution in [0.5, 0.6) is 0 Å². The Balaban J connectivity index is 2.22. The molecule has 0 aromatic rings. The van der Waals surface area contributed by atoms with Crippen LogP contribution in [0.4, 0.5) is 0 Å². The van der Waals surface area contributed by atoms with Crippen LogP contribution in [0.1, 0.15) is 19.8 Å². The minimum absolute atomic E-state index is 0.133. The van der Waals surface area contributed by atoms with E-state index in [0.29, 0.717) is 31.7 Å². The highest BCUT2D eigenvalue weighted by atomic mass is 32.2. The summed E-state index contributed by atoms with van der Waals surface area (Å²) in [6.07, 6.45) is 2.45. The van der Waals surface area contributed by atoms with E-state index in [1.807, 2.05) is 0 Å². The summed E-state index contributed by atoms with van der Waals surface area (Å²) in [5, 5.41) is 3.25. The molecule has 1 fully saturated rings. The van der Waals surface area contributed by atoms with Gasteiger partial charge in [0.2, 0.25) is 10.0 Å². The topological polar surface area (TPSA) is 67.4 Å². The monoisotopic (exact) mass is 250 g/mol. The van der Waals surface area contributed by atoms with E-state index in [4.69, 9.17) is 4.74 Å². The first-order chi connectivity index (χ1) is 7.59. The lowest BCUT2D eigenvalue weighted by Crippen LogP contribution is -2.40. The van der Waals surface area contributed by atoms with Gasteiger partial charge in [0, 0.05) is 26.2 Å². The first kappa shape index (κ1) is 13.9. The van der Waals surface area contributed by atoms with Crippen LogP contribution in [-0.2, 0) is 14.8 Å². The van der Waals surface area contributed by atoms with E-state index in [9.17, 15) is 8.42 Å². The second-order valence-corrected chi connectivity index (χ2v) is 6.10. The summed E-state index contributed by atoms with van der Waals surface area (Å²) in [4.78, 5) is 0. The number of nitrogens with one attached hydrogen (secondary N) is 2. The molecule has 1 aliphatic rings. The van der Waals surface area contributed by atoms with Crippen LogP contribution >= 0.6 is 0 Å². The summed E-state index contributed by atoms with van der Waals surface area (Å²) in [5.41, 5.74) is 0. The maximum absolute atomic E-state index is 11.4. The Morgan fingerprint density at radius 2 is 2.12 bits per heavy atom. The van der Waals surface area contributed by atoms with Gasteiger partial charge in [-0.3, -0.25) is 0 Å². The second-order valence-electron chi connectivity index (χ2n) is 4.17. The van der Waals surface area contributed by atoms with Gasteiger partial charge in [-0.1, -0.05) is 6.92 Å². The van der Waals surface area contributed by atoms with Gasteiger partial charge in [0.05, 0.1) is 12.4 Å². The molecule has 96 valence electrons. The standard InChI is InChI=1S/C10H22N2O3S/c1-3-12-16(13,14)7-6-11-10(8-15-2)9-4-5-9/h9-12H,3-8H2,1-2H3. The van der Waals surface area contributed by atoms with Gasteiger partial charge in [-0.2, -0.15) is 0 Å². The molecule has 0 saturated heterocycles. The van der Waals surface area contributed by atoms with Gasteiger partial charge in [-0.25, -0.2) is 13.1 Å². The van der Waals surface area contributed by atoms with Crippen LogP contribution in [0, 0.1) is 5.92 Å². The van der Waals surface area contributed by atoms with E-state index in [1.165, 1.54) is 12.8 Å². The zero-order valence-electron chi connectivity index (χ0n) is 10.0. The fourth-order valence-electron chi connectivity index (χ4n) is 1.71. The van der Waals surface area contributed by atoms with E-state index >= 15 is 0 Å². The Labute approximate surface area is 98.0 Å². The van der Waals surface area contributed by atoms with Crippen molar-refractivity contribution < 1.29 is 13.2 Å². The highest BCUT2D eigenvalue weighted by molar-refractivity contribution is 7.89. The molecule has 1 atom stereocenters. The predicted octanol–water partition coefficient (Wildman–Crippen LogP) is -0.0597. The van der Waals surface area contributed by atoms with E-state index < -0.39 is 10.0 Å². The summed E-state index contributed by atoms with van der Waals surface area (Å²) in [7, 11) is -1.43. The number of rotatable bonds is 9. The highest BCUT2D eigenvalue weighted by Gasteiger charge is 2.30. The number of hydrogen-bond donors (Lipinski definition) is 2. The van der Waals surface area contributed by atoms with Crippen molar-refractivity contribution in [2.24, 2.45) is 5.92 Å². The molecule has 0 aliphatic heterocycles. The fourth-order valence-corrected chi connectivity index (χ4v) is 2.68. The molecule has 1 saturated carbocycles. The lowest BCUT2D eigenvalue weighted by Gasteiger charge is -2.17. The molecule has 1 unspecified atom stereocenters. The van der Waals surface area contributed by atoms with Gasteiger partial charge < -0.3 is 10.1 Å². The second kappa shape index (κ2) is 6.54. The summed E-state index contributed by atoms with van der Waals surface area (Å²) in [5.74, 6) is 0.801.